The van der Waals surface area contributed by atoms with Crippen molar-refractivity contribution in [2.45, 2.75) is 31.0 Å². The lowest BCUT2D eigenvalue weighted by Crippen LogP contribution is -2.42. The molecule has 0 unspecified atom stereocenters. The summed E-state index contributed by atoms with van der Waals surface area (Å²) >= 11 is 2.90. The van der Waals surface area contributed by atoms with E-state index in [2.05, 4.69) is 15.5 Å². The number of nitrogens with one attached hydrogen (secondary N) is 1. The van der Waals surface area contributed by atoms with E-state index in [1.165, 1.54) is 16.7 Å². The summed E-state index contributed by atoms with van der Waals surface area (Å²) in [6.07, 6.45) is 0. The fourth-order valence-electron chi connectivity index (χ4n) is 2.80. The zero-order valence-corrected chi connectivity index (χ0v) is 19.9. The topological polar surface area (TPSA) is 115 Å². The van der Waals surface area contributed by atoms with Crippen LogP contribution in [0, 0.1) is 6.92 Å². The molecule has 0 saturated heterocycles. The van der Waals surface area contributed by atoms with Crippen LogP contribution < -0.4 is 5.32 Å². The number of nitrogens with zero attached hydrogens (tertiary/aromatic N) is 3. The van der Waals surface area contributed by atoms with Crippen molar-refractivity contribution >= 4 is 40.9 Å². The van der Waals surface area contributed by atoms with E-state index in [1.54, 1.807) is 49.4 Å². The van der Waals surface area contributed by atoms with Gasteiger partial charge in [-0.25, -0.2) is 4.79 Å². The Hall–Kier alpha value is -3.18. The van der Waals surface area contributed by atoms with Gasteiger partial charge in [-0.05, 0) is 37.4 Å². The van der Waals surface area contributed by atoms with Gasteiger partial charge in [-0.3, -0.25) is 9.59 Å². The highest BCUT2D eigenvalue weighted by Crippen LogP contribution is 2.26. The molecule has 0 aliphatic rings. The summed E-state index contributed by atoms with van der Waals surface area (Å²) < 4.78 is 10.3. The Labute approximate surface area is 199 Å². The fourth-order valence-corrected chi connectivity index (χ4v) is 4.32. The van der Waals surface area contributed by atoms with Crippen LogP contribution in [-0.2, 0) is 26.6 Å². The Bertz CT molecular complexity index is 1080. The average Bonchev–Trinajstić information content (AvgIpc) is 3.49. The summed E-state index contributed by atoms with van der Waals surface area (Å²) in [7, 11) is 0. The van der Waals surface area contributed by atoms with E-state index in [9.17, 15) is 14.4 Å². The molecule has 174 valence electrons. The molecule has 11 heteroatoms. The van der Waals surface area contributed by atoms with Gasteiger partial charge in [-0.15, -0.1) is 23.1 Å². The lowest BCUT2D eigenvalue weighted by Gasteiger charge is -2.20. The molecule has 1 aromatic carbocycles. The van der Waals surface area contributed by atoms with E-state index in [1.807, 2.05) is 17.5 Å². The number of hydrogen-bond acceptors (Lipinski definition) is 9. The number of carbonyl (C=O) groups excluding carboxylic acids is 3. The molecule has 2 amide bonds. The zero-order valence-electron chi connectivity index (χ0n) is 18.3. The van der Waals surface area contributed by atoms with E-state index in [-0.39, 0.29) is 12.5 Å². The van der Waals surface area contributed by atoms with Crippen molar-refractivity contribution in [1.82, 2.24) is 20.4 Å². The number of aromatic nitrogens is 2. The first-order chi connectivity index (χ1) is 16.0. The number of amides is 2. The van der Waals surface area contributed by atoms with Gasteiger partial charge in [0.2, 0.25) is 11.8 Å². The number of carbonyl (C=O) groups is 3. The molecule has 0 aliphatic heterocycles. The summed E-state index contributed by atoms with van der Waals surface area (Å²) in [4.78, 5) is 44.5. The number of ether oxygens (including phenoxy) is 1. The van der Waals surface area contributed by atoms with Crippen molar-refractivity contribution < 1.29 is 23.6 Å². The normalized spacial score (nSPS) is 10.6. The van der Waals surface area contributed by atoms with Crippen molar-refractivity contribution in [2.75, 3.05) is 19.7 Å². The minimum Gasteiger partial charge on any atom is -0.452 e. The smallest absolute Gasteiger partial charge is 0.339 e. The highest BCUT2D eigenvalue weighted by Gasteiger charge is 2.20. The van der Waals surface area contributed by atoms with Crippen LogP contribution in [0.15, 0.2) is 51.2 Å². The van der Waals surface area contributed by atoms with Crippen molar-refractivity contribution in [3.8, 4) is 0 Å². The van der Waals surface area contributed by atoms with Gasteiger partial charge in [0.05, 0.1) is 24.4 Å². The second-order valence-electron chi connectivity index (χ2n) is 6.86. The Morgan fingerprint density at radius 1 is 1.21 bits per heavy atom. The van der Waals surface area contributed by atoms with Gasteiger partial charge in [-0.1, -0.05) is 23.4 Å². The Balaban J connectivity index is 1.50. The Kier molecular flexibility index (Phi) is 9.02. The SMILES string of the molecule is CCN(CC(=O)NCc1cccs1)C(=O)COC(=O)c1ccccc1SCc1nc(C)no1. The van der Waals surface area contributed by atoms with Crippen LogP contribution >= 0.6 is 23.1 Å². The quantitative estimate of drug-likeness (QED) is 0.324. The van der Waals surface area contributed by atoms with Crippen molar-refractivity contribution in [3.63, 3.8) is 0 Å². The predicted molar refractivity (Wildman–Crippen MR) is 124 cm³/mol. The number of hydrogen-bond donors (Lipinski definition) is 1. The molecule has 0 fully saturated rings. The van der Waals surface area contributed by atoms with Gasteiger partial charge in [-0.2, -0.15) is 4.98 Å². The van der Waals surface area contributed by atoms with E-state index in [0.717, 1.165) is 4.88 Å². The first-order valence-electron chi connectivity index (χ1n) is 10.2. The monoisotopic (exact) mass is 488 g/mol. The van der Waals surface area contributed by atoms with Crippen molar-refractivity contribution in [2.24, 2.45) is 0 Å². The van der Waals surface area contributed by atoms with E-state index >= 15 is 0 Å². The number of esters is 1. The molecule has 3 rings (SSSR count). The lowest BCUT2D eigenvalue weighted by molar-refractivity contribution is -0.138. The summed E-state index contributed by atoms with van der Waals surface area (Å²) in [5, 5.41) is 8.46. The number of rotatable bonds is 11. The van der Waals surface area contributed by atoms with E-state index < -0.39 is 18.5 Å². The third-order valence-electron chi connectivity index (χ3n) is 4.46. The minimum absolute atomic E-state index is 0.103. The minimum atomic E-state index is -0.619. The molecule has 3 aromatic rings. The van der Waals surface area contributed by atoms with Crippen LogP contribution in [0.25, 0.3) is 0 Å². The maximum atomic E-state index is 12.6. The number of thiophene rings is 1. The van der Waals surface area contributed by atoms with Gasteiger partial charge >= 0.3 is 5.97 Å². The molecule has 0 radical (unpaired) electrons. The van der Waals surface area contributed by atoms with Crippen molar-refractivity contribution in [3.05, 3.63) is 63.9 Å². The highest BCUT2D eigenvalue weighted by atomic mass is 32.2. The van der Waals surface area contributed by atoms with E-state index in [0.29, 0.717) is 41.0 Å². The second-order valence-corrected chi connectivity index (χ2v) is 8.91. The maximum absolute atomic E-state index is 12.6. The highest BCUT2D eigenvalue weighted by molar-refractivity contribution is 7.98. The van der Waals surface area contributed by atoms with Crippen LogP contribution in [0.3, 0.4) is 0 Å². The number of benzene rings is 1. The zero-order chi connectivity index (χ0) is 23.6. The molecule has 0 spiro atoms. The Morgan fingerprint density at radius 2 is 2.03 bits per heavy atom. The lowest BCUT2D eigenvalue weighted by atomic mass is 10.2. The molecule has 1 N–H and O–H groups in total. The van der Waals surface area contributed by atoms with Crippen LogP contribution in [0.2, 0.25) is 0 Å². The Morgan fingerprint density at radius 3 is 2.73 bits per heavy atom. The summed E-state index contributed by atoms with van der Waals surface area (Å²) in [5.41, 5.74) is 0.336. The largest absolute Gasteiger partial charge is 0.452 e. The molecular weight excluding hydrogens is 464 g/mol. The molecule has 2 heterocycles. The molecule has 33 heavy (non-hydrogen) atoms. The molecule has 9 nitrogen and oxygen atoms in total. The maximum Gasteiger partial charge on any atom is 0.339 e. The first-order valence-corrected chi connectivity index (χ1v) is 12.1. The summed E-state index contributed by atoms with van der Waals surface area (Å²) in [6, 6.07) is 10.8. The van der Waals surface area contributed by atoms with Gasteiger partial charge in [0, 0.05) is 16.3 Å². The van der Waals surface area contributed by atoms with Gasteiger partial charge in [0.25, 0.3) is 5.91 Å². The third-order valence-corrected chi connectivity index (χ3v) is 6.40. The molecular formula is C22H24N4O5S2. The van der Waals surface area contributed by atoms with Gasteiger partial charge in [0.15, 0.2) is 12.4 Å². The standard InChI is InChI=1S/C22H24N4O5S2/c1-3-26(12-19(27)23-11-16-7-6-10-32-16)21(28)13-30-22(29)17-8-4-5-9-18(17)33-14-20-24-15(2)25-31-20/h4-10H,3,11-14H2,1-2H3,(H,23,27). The summed E-state index contributed by atoms with van der Waals surface area (Å²) in [5.74, 6) is 0.0519. The van der Waals surface area contributed by atoms with Crippen LogP contribution in [-0.4, -0.2) is 52.5 Å². The van der Waals surface area contributed by atoms with Crippen LogP contribution in [0.4, 0.5) is 0 Å². The number of likely N-dealkylation sites (N-methyl/N-ethyl adjacent to an activating group) is 1. The third kappa shape index (κ3) is 7.43. The van der Waals surface area contributed by atoms with Crippen LogP contribution in [0.5, 0.6) is 0 Å². The fraction of sp³-hybridized carbons (Fsp3) is 0.318. The molecule has 2 aromatic heterocycles. The van der Waals surface area contributed by atoms with Crippen LogP contribution in [0.1, 0.15) is 33.9 Å². The van der Waals surface area contributed by atoms with Gasteiger partial charge < -0.3 is 19.5 Å². The number of aryl methyl sites for hydroxylation is 1. The first kappa shape index (κ1) is 24.5. The van der Waals surface area contributed by atoms with Gasteiger partial charge in [0.1, 0.15) is 0 Å². The average molecular weight is 489 g/mol. The predicted octanol–water partition coefficient (Wildman–Crippen LogP) is 3.05. The second kappa shape index (κ2) is 12.2. The van der Waals surface area contributed by atoms with E-state index in [4.69, 9.17) is 9.26 Å². The molecule has 0 bridgehead atoms. The summed E-state index contributed by atoms with van der Waals surface area (Å²) in [6.45, 7) is 3.67. The molecule has 0 saturated carbocycles. The molecule has 0 aliphatic carbocycles. The van der Waals surface area contributed by atoms with Crippen molar-refractivity contribution in [1.29, 1.82) is 0 Å². The molecule has 0 atom stereocenters. The number of thioether (sulfide) groups is 1.